The van der Waals surface area contributed by atoms with Crippen molar-refractivity contribution >= 4 is 11.7 Å². The SMILES string of the molecule is Cc1ccc(NC(=O)NCc2ccccc2C)cc1F. The van der Waals surface area contributed by atoms with Crippen molar-refractivity contribution in [2.75, 3.05) is 5.32 Å². The molecule has 2 N–H and O–H groups in total. The molecule has 0 aliphatic rings. The highest BCUT2D eigenvalue weighted by molar-refractivity contribution is 5.89. The van der Waals surface area contributed by atoms with Crippen molar-refractivity contribution in [1.82, 2.24) is 5.32 Å². The molecule has 2 aromatic carbocycles. The third-order valence-electron chi connectivity index (χ3n) is 3.13. The van der Waals surface area contributed by atoms with Crippen LogP contribution < -0.4 is 10.6 Å². The summed E-state index contributed by atoms with van der Waals surface area (Å²) in [6, 6.07) is 12.1. The zero-order valence-electron chi connectivity index (χ0n) is 11.5. The predicted molar refractivity (Wildman–Crippen MR) is 78.2 cm³/mol. The Hall–Kier alpha value is -2.36. The normalized spacial score (nSPS) is 10.2. The van der Waals surface area contributed by atoms with Crippen molar-refractivity contribution in [1.29, 1.82) is 0 Å². The highest BCUT2D eigenvalue weighted by atomic mass is 19.1. The van der Waals surface area contributed by atoms with Crippen LogP contribution in [0.4, 0.5) is 14.9 Å². The van der Waals surface area contributed by atoms with Crippen LogP contribution in [0.1, 0.15) is 16.7 Å². The molecule has 3 nitrogen and oxygen atoms in total. The van der Waals surface area contributed by atoms with E-state index >= 15 is 0 Å². The number of rotatable bonds is 3. The lowest BCUT2D eigenvalue weighted by Gasteiger charge is -2.10. The second kappa shape index (κ2) is 6.19. The Kier molecular flexibility index (Phi) is 4.35. The highest BCUT2D eigenvalue weighted by Crippen LogP contribution is 2.13. The maximum absolute atomic E-state index is 13.4. The van der Waals surface area contributed by atoms with Crippen molar-refractivity contribution in [3.63, 3.8) is 0 Å². The van der Waals surface area contributed by atoms with E-state index < -0.39 is 0 Å². The molecule has 0 heterocycles. The summed E-state index contributed by atoms with van der Waals surface area (Å²) < 4.78 is 13.4. The van der Waals surface area contributed by atoms with Gasteiger partial charge in [0.1, 0.15) is 5.82 Å². The summed E-state index contributed by atoms with van der Waals surface area (Å²) in [6.07, 6.45) is 0. The van der Waals surface area contributed by atoms with Gasteiger partial charge in [0.25, 0.3) is 0 Å². The largest absolute Gasteiger partial charge is 0.334 e. The molecule has 0 saturated heterocycles. The minimum absolute atomic E-state index is 0.332. The van der Waals surface area contributed by atoms with Gasteiger partial charge in [0, 0.05) is 12.2 Å². The van der Waals surface area contributed by atoms with E-state index in [4.69, 9.17) is 0 Å². The van der Waals surface area contributed by atoms with Gasteiger partial charge in [0.2, 0.25) is 0 Å². The number of halogens is 1. The van der Waals surface area contributed by atoms with Crippen molar-refractivity contribution in [2.24, 2.45) is 0 Å². The number of carbonyl (C=O) groups is 1. The van der Waals surface area contributed by atoms with Crippen LogP contribution in [0.15, 0.2) is 42.5 Å². The van der Waals surface area contributed by atoms with E-state index in [0.717, 1.165) is 11.1 Å². The van der Waals surface area contributed by atoms with Gasteiger partial charge in [0.15, 0.2) is 0 Å². The van der Waals surface area contributed by atoms with Gasteiger partial charge in [-0.25, -0.2) is 9.18 Å². The van der Waals surface area contributed by atoms with Crippen LogP contribution in [-0.2, 0) is 6.54 Å². The molecule has 2 rings (SSSR count). The molecule has 0 fully saturated rings. The number of hydrogen-bond donors (Lipinski definition) is 2. The molecule has 2 amide bonds. The molecule has 2 aromatic rings. The van der Waals surface area contributed by atoms with Gasteiger partial charge in [-0.3, -0.25) is 0 Å². The van der Waals surface area contributed by atoms with Gasteiger partial charge in [-0.05, 0) is 42.7 Å². The average Bonchev–Trinajstić information content (AvgIpc) is 2.42. The van der Waals surface area contributed by atoms with E-state index in [2.05, 4.69) is 10.6 Å². The molecule has 0 bridgehead atoms. The van der Waals surface area contributed by atoms with Gasteiger partial charge in [0.05, 0.1) is 0 Å². The number of hydrogen-bond acceptors (Lipinski definition) is 1. The monoisotopic (exact) mass is 272 g/mol. The second-order valence-electron chi connectivity index (χ2n) is 4.70. The summed E-state index contributed by atoms with van der Waals surface area (Å²) in [4.78, 5) is 11.7. The topological polar surface area (TPSA) is 41.1 Å². The molecule has 0 unspecified atom stereocenters. The van der Waals surface area contributed by atoms with Crippen LogP contribution in [-0.4, -0.2) is 6.03 Å². The zero-order chi connectivity index (χ0) is 14.5. The Morgan fingerprint density at radius 1 is 1.10 bits per heavy atom. The van der Waals surface area contributed by atoms with Crippen LogP contribution in [0.5, 0.6) is 0 Å². The van der Waals surface area contributed by atoms with E-state index in [0.29, 0.717) is 17.8 Å². The van der Waals surface area contributed by atoms with E-state index in [1.165, 1.54) is 6.07 Å². The number of urea groups is 1. The summed E-state index contributed by atoms with van der Waals surface area (Å²) in [7, 11) is 0. The molecule has 0 spiro atoms. The summed E-state index contributed by atoms with van der Waals surface area (Å²) >= 11 is 0. The lowest BCUT2D eigenvalue weighted by molar-refractivity contribution is 0.251. The van der Waals surface area contributed by atoms with E-state index in [1.807, 2.05) is 31.2 Å². The van der Waals surface area contributed by atoms with Gasteiger partial charge >= 0.3 is 6.03 Å². The second-order valence-corrected chi connectivity index (χ2v) is 4.70. The first-order valence-corrected chi connectivity index (χ1v) is 6.42. The standard InChI is InChI=1S/C16H17FN2O/c1-11-5-3-4-6-13(11)10-18-16(20)19-14-8-7-12(2)15(17)9-14/h3-9H,10H2,1-2H3,(H2,18,19,20). The van der Waals surface area contributed by atoms with Crippen LogP contribution in [0.2, 0.25) is 0 Å². The van der Waals surface area contributed by atoms with Crippen molar-refractivity contribution in [3.8, 4) is 0 Å². The first-order chi connectivity index (χ1) is 9.56. The first-order valence-electron chi connectivity index (χ1n) is 6.42. The molecule has 0 aromatic heterocycles. The average molecular weight is 272 g/mol. The maximum atomic E-state index is 13.4. The quantitative estimate of drug-likeness (QED) is 0.877. The number of nitrogens with one attached hydrogen (secondary N) is 2. The zero-order valence-corrected chi connectivity index (χ0v) is 11.5. The minimum atomic E-state index is -0.350. The number of amides is 2. The fourth-order valence-corrected chi connectivity index (χ4v) is 1.83. The van der Waals surface area contributed by atoms with Crippen molar-refractivity contribution in [2.45, 2.75) is 20.4 Å². The van der Waals surface area contributed by atoms with Crippen molar-refractivity contribution < 1.29 is 9.18 Å². The Balaban J connectivity index is 1.93. The van der Waals surface area contributed by atoms with Crippen LogP contribution in [0.3, 0.4) is 0 Å². The molecule has 0 aliphatic carbocycles. The predicted octanol–water partition coefficient (Wildman–Crippen LogP) is 3.76. The molecular weight excluding hydrogens is 255 g/mol. The summed E-state index contributed by atoms with van der Waals surface area (Å²) in [6.45, 7) is 4.11. The van der Waals surface area contributed by atoms with Crippen molar-refractivity contribution in [3.05, 3.63) is 65.0 Å². The molecule has 0 radical (unpaired) electrons. The smallest absolute Gasteiger partial charge is 0.319 e. The third kappa shape index (κ3) is 3.57. The summed E-state index contributed by atoms with van der Waals surface area (Å²) in [5.41, 5.74) is 3.16. The molecule has 0 aliphatic heterocycles. The van der Waals surface area contributed by atoms with E-state index in [1.54, 1.807) is 19.1 Å². The number of anilines is 1. The molecule has 104 valence electrons. The molecule has 20 heavy (non-hydrogen) atoms. The fraction of sp³-hybridized carbons (Fsp3) is 0.188. The number of carbonyl (C=O) groups excluding carboxylic acids is 1. The number of aryl methyl sites for hydroxylation is 2. The van der Waals surface area contributed by atoms with Gasteiger partial charge in [-0.2, -0.15) is 0 Å². The fourth-order valence-electron chi connectivity index (χ4n) is 1.83. The maximum Gasteiger partial charge on any atom is 0.319 e. The van der Waals surface area contributed by atoms with Gasteiger partial charge in [-0.15, -0.1) is 0 Å². The summed E-state index contributed by atoms with van der Waals surface area (Å²) in [5.74, 6) is -0.332. The Labute approximate surface area is 117 Å². The Bertz CT molecular complexity index is 626. The van der Waals surface area contributed by atoms with Crippen LogP contribution in [0, 0.1) is 19.7 Å². The number of benzene rings is 2. The third-order valence-corrected chi connectivity index (χ3v) is 3.13. The van der Waals surface area contributed by atoms with Crippen LogP contribution in [0.25, 0.3) is 0 Å². The minimum Gasteiger partial charge on any atom is -0.334 e. The Morgan fingerprint density at radius 2 is 1.85 bits per heavy atom. The molecule has 0 saturated carbocycles. The molecule has 0 atom stereocenters. The first kappa shape index (κ1) is 14.1. The van der Waals surface area contributed by atoms with Gasteiger partial charge < -0.3 is 10.6 Å². The van der Waals surface area contributed by atoms with E-state index in [-0.39, 0.29) is 11.8 Å². The molecular formula is C16H17FN2O. The lowest BCUT2D eigenvalue weighted by atomic mass is 10.1. The lowest BCUT2D eigenvalue weighted by Crippen LogP contribution is -2.28. The van der Waals surface area contributed by atoms with Crippen LogP contribution >= 0.6 is 0 Å². The van der Waals surface area contributed by atoms with Gasteiger partial charge in [-0.1, -0.05) is 30.3 Å². The van der Waals surface area contributed by atoms with E-state index in [9.17, 15) is 9.18 Å². The summed E-state index contributed by atoms with van der Waals surface area (Å²) in [5, 5.41) is 5.36. The highest BCUT2D eigenvalue weighted by Gasteiger charge is 2.05. The Morgan fingerprint density at radius 3 is 2.55 bits per heavy atom. The molecule has 4 heteroatoms.